The highest BCUT2D eigenvalue weighted by Gasteiger charge is 2.14. The first-order valence-electron chi connectivity index (χ1n) is 11.4. The second kappa shape index (κ2) is 16.7. The third-order valence-corrected chi connectivity index (χ3v) is 5.98. The molecule has 0 radical (unpaired) electrons. The molecule has 0 unspecified atom stereocenters. The molecule has 2 aromatic carbocycles. The summed E-state index contributed by atoms with van der Waals surface area (Å²) in [6.45, 7) is 8.36. The summed E-state index contributed by atoms with van der Waals surface area (Å²) in [6, 6.07) is 14.8. The summed E-state index contributed by atoms with van der Waals surface area (Å²) in [5, 5.41) is 0. The summed E-state index contributed by atoms with van der Waals surface area (Å²) in [4.78, 5) is 0.137. The first-order chi connectivity index (χ1) is 16.5. The van der Waals surface area contributed by atoms with E-state index in [4.69, 9.17) is 27.9 Å². The normalized spacial score (nSPS) is 11.7. The molecular formula is C25H36O8S. The SMILES string of the molecule is Cc1ccc(COCCOCCOCCOCCOCCOS(=O)(=O)c2ccc(C)cc2)cc1. The van der Waals surface area contributed by atoms with Gasteiger partial charge < -0.3 is 23.7 Å². The van der Waals surface area contributed by atoms with Crippen LogP contribution in [0.1, 0.15) is 16.7 Å². The molecule has 0 aromatic heterocycles. The lowest BCUT2D eigenvalue weighted by Crippen LogP contribution is -2.15. The van der Waals surface area contributed by atoms with Crippen LogP contribution in [-0.4, -0.2) is 74.5 Å². The Bertz CT molecular complexity index is 882. The predicted molar refractivity (Wildman–Crippen MR) is 128 cm³/mol. The van der Waals surface area contributed by atoms with Crippen LogP contribution < -0.4 is 0 Å². The molecule has 0 heterocycles. The topological polar surface area (TPSA) is 89.5 Å². The van der Waals surface area contributed by atoms with E-state index in [0.717, 1.165) is 11.1 Å². The first kappa shape index (κ1) is 28.4. The molecule has 8 nitrogen and oxygen atoms in total. The van der Waals surface area contributed by atoms with Crippen LogP contribution in [0.2, 0.25) is 0 Å². The third-order valence-electron chi connectivity index (χ3n) is 4.65. The van der Waals surface area contributed by atoms with E-state index in [9.17, 15) is 8.42 Å². The summed E-state index contributed by atoms with van der Waals surface area (Å²) < 4.78 is 56.2. The van der Waals surface area contributed by atoms with Crippen molar-refractivity contribution in [3.05, 3.63) is 65.2 Å². The van der Waals surface area contributed by atoms with Gasteiger partial charge in [-0.2, -0.15) is 8.42 Å². The number of rotatable bonds is 19. The lowest BCUT2D eigenvalue weighted by atomic mass is 10.2. The maximum absolute atomic E-state index is 12.0. The molecule has 9 heteroatoms. The monoisotopic (exact) mass is 496 g/mol. The molecule has 0 spiro atoms. The molecule has 0 N–H and O–H groups in total. The Hall–Kier alpha value is -1.85. The van der Waals surface area contributed by atoms with Gasteiger partial charge in [-0.25, -0.2) is 0 Å². The van der Waals surface area contributed by atoms with Crippen molar-refractivity contribution < 1.29 is 36.3 Å². The van der Waals surface area contributed by atoms with Crippen LogP contribution in [0.3, 0.4) is 0 Å². The summed E-state index contributed by atoms with van der Waals surface area (Å²) in [7, 11) is -3.75. The molecule has 0 fully saturated rings. The van der Waals surface area contributed by atoms with Gasteiger partial charge in [0, 0.05) is 0 Å². The molecule has 0 amide bonds. The zero-order chi connectivity index (χ0) is 24.5. The largest absolute Gasteiger partial charge is 0.377 e. The second-order valence-electron chi connectivity index (χ2n) is 7.58. The van der Waals surface area contributed by atoms with E-state index in [1.54, 1.807) is 12.1 Å². The van der Waals surface area contributed by atoms with Crippen LogP contribution in [0.4, 0.5) is 0 Å². The van der Waals surface area contributed by atoms with Crippen molar-refractivity contribution in [3.63, 3.8) is 0 Å². The average Bonchev–Trinajstić information content (AvgIpc) is 2.82. The van der Waals surface area contributed by atoms with Gasteiger partial charge in [0.15, 0.2) is 0 Å². The highest BCUT2D eigenvalue weighted by Crippen LogP contribution is 2.12. The zero-order valence-electron chi connectivity index (χ0n) is 20.1. The maximum Gasteiger partial charge on any atom is 0.297 e. The van der Waals surface area contributed by atoms with Crippen molar-refractivity contribution in [2.75, 3.05) is 66.1 Å². The Labute approximate surface area is 203 Å². The minimum atomic E-state index is -3.75. The third kappa shape index (κ3) is 12.6. The van der Waals surface area contributed by atoms with Crippen molar-refractivity contribution >= 4 is 10.1 Å². The summed E-state index contributed by atoms with van der Waals surface area (Å²) in [5.41, 5.74) is 3.37. The molecule has 0 aliphatic rings. The van der Waals surface area contributed by atoms with Crippen molar-refractivity contribution in [2.45, 2.75) is 25.3 Å². The van der Waals surface area contributed by atoms with Gasteiger partial charge in [-0.05, 0) is 31.5 Å². The lowest BCUT2D eigenvalue weighted by molar-refractivity contribution is -0.0138. The molecule has 0 atom stereocenters. The van der Waals surface area contributed by atoms with Crippen LogP contribution in [0.15, 0.2) is 53.4 Å². The van der Waals surface area contributed by atoms with Gasteiger partial charge in [0.1, 0.15) is 0 Å². The van der Waals surface area contributed by atoms with Gasteiger partial charge in [-0.1, -0.05) is 47.5 Å². The fraction of sp³-hybridized carbons (Fsp3) is 0.520. The molecule has 2 rings (SSSR count). The van der Waals surface area contributed by atoms with Crippen LogP contribution in [0.5, 0.6) is 0 Å². The Balaban J connectivity index is 1.31. The van der Waals surface area contributed by atoms with Crippen molar-refractivity contribution in [3.8, 4) is 0 Å². The van der Waals surface area contributed by atoms with E-state index in [0.29, 0.717) is 59.5 Å². The average molecular weight is 497 g/mol. The van der Waals surface area contributed by atoms with Crippen molar-refractivity contribution in [1.29, 1.82) is 0 Å². The van der Waals surface area contributed by atoms with Crippen molar-refractivity contribution in [2.24, 2.45) is 0 Å². The Morgan fingerprint density at radius 1 is 0.529 bits per heavy atom. The number of hydrogen-bond acceptors (Lipinski definition) is 8. The van der Waals surface area contributed by atoms with E-state index in [-0.39, 0.29) is 18.1 Å². The lowest BCUT2D eigenvalue weighted by Gasteiger charge is -2.08. The van der Waals surface area contributed by atoms with E-state index in [2.05, 4.69) is 31.2 Å². The van der Waals surface area contributed by atoms with Gasteiger partial charge in [-0.15, -0.1) is 0 Å². The van der Waals surface area contributed by atoms with Gasteiger partial charge >= 0.3 is 0 Å². The minimum absolute atomic E-state index is 0.0453. The number of hydrogen-bond donors (Lipinski definition) is 0. The van der Waals surface area contributed by atoms with E-state index < -0.39 is 10.1 Å². The summed E-state index contributed by atoms with van der Waals surface area (Å²) in [6.07, 6.45) is 0. The number of ether oxygens (including phenoxy) is 5. The fourth-order valence-corrected chi connectivity index (χ4v) is 3.62. The molecule has 190 valence electrons. The second-order valence-corrected chi connectivity index (χ2v) is 9.19. The molecule has 0 aliphatic carbocycles. The van der Waals surface area contributed by atoms with Crippen LogP contribution in [0.25, 0.3) is 0 Å². The van der Waals surface area contributed by atoms with Crippen LogP contribution in [-0.2, 0) is 44.6 Å². The maximum atomic E-state index is 12.0. The van der Waals surface area contributed by atoms with Gasteiger partial charge in [0.25, 0.3) is 10.1 Å². The molecule has 2 aromatic rings. The number of aryl methyl sites for hydroxylation is 2. The first-order valence-corrected chi connectivity index (χ1v) is 12.8. The molecule has 34 heavy (non-hydrogen) atoms. The van der Waals surface area contributed by atoms with Crippen molar-refractivity contribution in [1.82, 2.24) is 0 Å². The fourth-order valence-electron chi connectivity index (χ4n) is 2.73. The summed E-state index contributed by atoms with van der Waals surface area (Å²) >= 11 is 0. The Kier molecular flexibility index (Phi) is 14.0. The highest BCUT2D eigenvalue weighted by molar-refractivity contribution is 7.86. The predicted octanol–water partition coefficient (Wildman–Crippen LogP) is 3.29. The van der Waals surface area contributed by atoms with Gasteiger partial charge in [0.2, 0.25) is 0 Å². The van der Waals surface area contributed by atoms with Crippen LogP contribution in [0, 0.1) is 13.8 Å². The standard InChI is InChI=1S/C25H36O8S/c1-22-3-7-24(8-4-22)21-32-18-17-30-14-13-28-11-12-29-15-16-31-19-20-33-34(26,27)25-9-5-23(2)6-10-25/h3-10H,11-21H2,1-2H3. The Morgan fingerprint density at radius 3 is 1.38 bits per heavy atom. The molecule has 0 saturated heterocycles. The van der Waals surface area contributed by atoms with E-state index in [1.807, 2.05) is 6.92 Å². The zero-order valence-corrected chi connectivity index (χ0v) is 20.9. The number of benzene rings is 2. The van der Waals surface area contributed by atoms with Crippen LogP contribution >= 0.6 is 0 Å². The quantitative estimate of drug-likeness (QED) is 0.216. The smallest absolute Gasteiger partial charge is 0.297 e. The van der Waals surface area contributed by atoms with Gasteiger partial charge in [0.05, 0.1) is 77.6 Å². The highest BCUT2D eigenvalue weighted by atomic mass is 32.2. The summed E-state index contributed by atoms with van der Waals surface area (Å²) in [5.74, 6) is 0. The molecule has 0 bridgehead atoms. The molecular weight excluding hydrogens is 460 g/mol. The van der Waals surface area contributed by atoms with E-state index in [1.165, 1.54) is 17.7 Å². The Morgan fingerprint density at radius 2 is 0.912 bits per heavy atom. The molecule has 0 saturated carbocycles. The molecule has 0 aliphatic heterocycles. The van der Waals surface area contributed by atoms with E-state index >= 15 is 0 Å². The van der Waals surface area contributed by atoms with Gasteiger partial charge in [-0.3, -0.25) is 4.18 Å². The minimum Gasteiger partial charge on any atom is -0.377 e.